The first kappa shape index (κ1) is 37.3. The molecule has 2 aromatic carbocycles. The number of rotatable bonds is 14. The second-order valence-corrected chi connectivity index (χ2v) is 7.87. The number of carbonyl (C=O) groups is 1. The number of allylic oxidation sites excluding steroid dienone is 2. The highest BCUT2D eigenvalue weighted by molar-refractivity contribution is 5.50. The second kappa shape index (κ2) is 28.7. The fourth-order valence-electron chi connectivity index (χ4n) is 2.81. The van der Waals surface area contributed by atoms with Crippen molar-refractivity contribution < 1.29 is 29.2 Å². The Morgan fingerprint density at radius 3 is 1.87 bits per heavy atom. The zero-order chi connectivity index (χ0) is 28.9. The first-order valence-corrected chi connectivity index (χ1v) is 12.8. The number of ether oxygens (including phenoxy) is 3. The first-order chi connectivity index (χ1) is 18.5. The molecule has 2 aromatic rings. The maximum absolute atomic E-state index is 10.9. The molecular weight excluding hydrogens is 480 g/mol. The van der Waals surface area contributed by atoms with Crippen LogP contribution >= 0.6 is 0 Å². The molecule has 0 radical (unpaired) electrons. The highest BCUT2D eigenvalue weighted by Crippen LogP contribution is 2.12. The Hall–Kier alpha value is -2.87. The summed E-state index contributed by atoms with van der Waals surface area (Å²) in [7, 11) is 1.65. The average molecular weight is 529 g/mol. The van der Waals surface area contributed by atoms with Crippen LogP contribution in [-0.2, 0) is 32.2 Å². The molecule has 2 rings (SSSR count). The quantitative estimate of drug-likeness (QED) is 0.175. The van der Waals surface area contributed by atoms with Gasteiger partial charge in [0, 0.05) is 26.6 Å². The summed E-state index contributed by atoms with van der Waals surface area (Å²) < 4.78 is 17.0. The van der Waals surface area contributed by atoms with E-state index in [1.165, 1.54) is 0 Å². The average Bonchev–Trinajstić information content (AvgIpc) is 2.95. The summed E-state index contributed by atoms with van der Waals surface area (Å²) >= 11 is 0. The van der Waals surface area contributed by atoms with Crippen molar-refractivity contribution in [3.05, 3.63) is 109 Å². The molecule has 0 fully saturated rings. The van der Waals surface area contributed by atoms with Gasteiger partial charge in [0.05, 0.1) is 38.6 Å². The van der Waals surface area contributed by atoms with Crippen molar-refractivity contribution >= 4 is 6.29 Å². The van der Waals surface area contributed by atoms with Gasteiger partial charge in [0.1, 0.15) is 6.29 Å². The summed E-state index contributed by atoms with van der Waals surface area (Å²) in [5, 5.41) is 16.1. The number of hydrogen-bond donors (Lipinski definition) is 2. The maximum atomic E-state index is 10.9. The largest absolute Gasteiger partial charge is 0.397 e. The van der Waals surface area contributed by atoms with Crippen LogP contribution in [0.15, 0.2) is 97.6 Å². The molecule has 6 nitrogen and oxygen atoms in total. The van der Waals surface area contributed by atoms with Gasteiger partial charge in [-0.2, -0.15) is 0 Å². The molecule has 2 unspecified atom stereocenters. The van der Waals surface area contributed by atoms with Crippen LogP contribution in [0.5, 0.6) is 0 Å². The summed E-state index contributed by atoms with van der Waals surface area (Å²) in [6.07, 6.45) is 6.98. The zero-order valence-electron chi connectivity index (χ0n) is 23.6. The lowest BCUT2D eigenvalue weighted by molar-refractivity contribution is -0.111. The minimum atomic E-state index is -0.192. The van der Waals surface area contributed by atoms with Gasteiger partial charge in [0.15, 0.2) is 0 Å². The molecule has 2 N–H and O–H groups in total. The number of hydrogen-bond acceptors (Lipinski definition) is 6. The Balaban J connectivity index is 0. The SMILES string of the molecule is C=C/C(=C\C)COC(CC=O)CC(COCc1ccccc1)OC.C=CC.CCO.OCc1ccccc1. The lowest BCUT2D eigenvalue weighted by Gasteiger charge is -2.22. The van der Waals surface area contributed by atoms with E-state index in [1.807, 2.05) is 80.6 Å². The molecule has 0 saturated heterocycles. The van der Waals surface area contributed by atoms with Crippen molar-refractivity contribution in [3.8, 4) is 0 Å². The maximum Gasteiger partial charge on any atom is 0.122 e. The van der Waals surface area contributed by atoms with Crippen molar-refractivity contribution in [2.75, 3.05) is 26.9 Å². The molecule has 0 heterocycles. The number of aliphatic hydroxyl groups excluding tert-OH is 2. The smallest absolute Gasteiger partial charge is 0.122 e. The van der Waals surface area contributed by atoms with Gasteiger partial charge >= 0.3 is 0 Å². The Kier molecular flexibility index (Phi) is 28.2. The highest BCUT2D eigenvalue weighted by Gasteiger charge is 2.17. The van der Waals surface area contributed by atoms with E-state index >= 15 is 0 Å². The van der Waals surface area contributed by atoms with Gasteiger partial charge in [0.2, 0.25) is 0 Å². The topological polar surface area (TPSA) is 85.2 Å². The molecule has 0 spiro atoms. The van der Waals surface area contributed by atoms with Gasteiger partial charge < -0.3 is 29.2 Å². The lowest BCUT2D eigenvalue weighted by atomic mass is 10.1. The predicted octanol–water partition coefficient (Wildman–Crippen LogP) is 6.08. The molecule has 0 amide bonds. The van der Waals surface area contributed by atoms with E-state index in [1.54, 1.807) is 26.2 Å². The number of aldehydes is 1. The van der Waals surface area contributed by atoms with Gasteiger partial charge in [-0.3, -0.25) is 0 Å². The van der Waals surface area contributed by atoms with E-state index in [0.29, 0.717) is 32.7 Å². The van der Waals surface area contributed by atoms with Gasteiger partial charge in [0.25, 0.3) is 0 Å². The molecule has 38 heavy (non-hydrogen) atoms. The summed E-state index contributed by atoms with van der Waals surface area (Å²) in [6.45, 7) is 14.4. The van der Waals surface area contributed by atoms with Crippen LogP contribution < -0.4 is 0 Å². The van der Waals surface area contributed by atoms with Crippen molar-refractivity contribution in [2.24, 2.45) is 0 Å². The molecule has 0 aliphatic rings. The second-order valence-electron chi connectivity index (χ2n) is 7.87. The van der Waals surface area contributed by atoms with Crippen LogP contribution in [0.1, 0.15) is 44.7 Å². The van der Waals surface area contributed by atoms with E-state index in [-0.39, 0.29) is 25.4 Å². The van der Waals surface area contributed by atoms with E-state index in [0.717, 1.165) is 23.0 Å². The fourth-order valence-corrected chi connectivity index (χ4v) is 2.81. The minimum Gasteiger partial charge on any atom is -0.397 e. The van der Waals surface area contributed by atoms with Gasteiger partial charge in [-0.05, 0) is 37.5 Å². The Bertz CT molecular complexity index is 820. The van der Waals surface area contributed by atoms with E-state index in [4.69, 9.17) is 24.4 Å². The van der Waals surface area contributed by atoms with E-state index in [9.17, 15) is 4.79 Å². The number of aliphatic hydroxyl groups is 2. The van der Waals surface area contributed by atoms with Crippen molar-refractivity contribution in [1.82, 2.24) is 0 Å². The fraction of sp³-hybridized carbons (Fsp3) is 0.406. The van der Waals surface area contributed by atoms with Gasteiger partial charge in [-0.1, -0.05) is 85.5 Å². The number of methoxy groups -OCH3 is 1. The van der Waals surface area contributed by atoms with Crippen LogP contribution in [0.2, 0.25) is 0 Å². The van der Waals surface area contributed by atoms with Crippen LogP contribution in [-0.4, -0.2) is 55.6 Å². The lowest BCUT2D eigenvalue weighted by Crippen LogP contribution is -2.27. The van der Waals surface area contributed by atoms with Crippen LogP contribution in [0, 0.1) is 0 Å². The van der Waals surface area contributed by atoms with Crippen LogP contribution in [0.4, 0.5) is 0 Å². The monoisotopic (exact) mass is 528 g/mol. The summed E-state index contributed by atoms with van der Waals surface area (Å²) in [6, 6.07) is 19.5. The Morgan fingerprint density at radius 1 is 0.947 bits per heavy atom. The summed E-state index contributed by atoms with van der Waals surface area (Å²) in [4.78, 5) is 10.9. The van der Waals surface area contributed by atoms with E-state index in [2.05, 4.69) is 13.2 Å². The van der Waals surface area contributed by atoms with Crippen molar-refractivity contribution in [2.45, 2.75) is 59.0 Å². The minimum absolute atomic E-state index is 0.114. The van der Waals surface area contributed by atoms with Crippen molar-refractivity contribution in [1.29, 1.82) is 0 Å². The molecule has 2 atom stereocenters. The van der Waals surface area contributed by atoms with Crippen LogP contribution in [0.25, 0.3) is 0 Å². The molecule has 0 aromatic heterocycles. The van der Waals surface area contributed by atoms with Gasteiger partial charge in [-0.25, -0.2) is 0 Å². The summed E-state index contributed by atoms with van der Waals surface area (Å²) in [5.74, 6) is 0. The zero-order valence-corrected chi connectivity index (χ0v) is 23.6. The molecule has 0 aliphatic heterocycles. The molecule has 0 bridgehead atoms. The molecule has 0 saturated carbocycles. The van der Waals surface area contributed by atoms with Crippen molar-refractivity contribution in [3.63, 3.8) is 0 Å². The number of benzene rings is 2. The number of carbonyl (C=O) groups excluding carboxylic acids is 1. The first-order valence-electron chi connectivity index (χ1n) is 12.8. The predicted molar refractivity (Wildman–Crippen MR) is 157 cm³/mol. The van der Waals surface area contributed by atoms with E-state index < -0.39 is 0 Å². The molecular formula is C32H48O6. The summed E-state index contributed by atoms with van der Waals surface area (Å²) in [5.41, 5.74) is 3.09. The third-order valence-electron chi connectivity index (χ3n) is 4.78. The highest BCUT2D eigenvalue weighted by atomic mass is 16.5. The Labute approximate surface area is 230 Å². The van der Waals surface area contributed by atoms with Gasteiger partial charge in [-0.15, -0.1) is 6.58 Å². The third-order valence-corrected chi connectivity index (χ3v) is 4.78. The standard InChI is InChI=1S/C20H28O4.C7H8O.C3H6.C2H6O/c1-4-17(5-2)15-24-19(11-12-21)13-20(22-3)16-23-14-18-9-7-6-8-10-18;8-6-7-4-2-1-3-5-7;1-3-2;1-2-3/h4-10,12,19-20H,1,11,13-16H2,2-3H3;1-5,8H,6H2;3H,1H2,2H3;3H,2H2,1H3/b17-5+;;;. The molecule has 6 heteroatoms. The molecule has 0 aliphatic carbocycles. The molecule has 212 valence electrons. The normalized spacial score (nSPS) is 11.7. The Morgan fingerprint density at radius 2 is 1.47 bits per heavy atom. The third kappa shape index (κ3) is 22.3. The van der Waals surface area contributed by atoms with Crippen LogP contribution in [0.3, 0.4) is 0 Å².